The van der Waals surface area contributed by atoms with Gasteiger partial charge in [-0.05, 0) is 36.8 Å². The second kappa shape index (κ2) is 13.3. The normalized spacial score (nSPS) is 10.3. The van der Waals surface area contributed by atoms with Crippen molar-refractivity contribution in [2.24, 2.45) is 11.5 Å². The average Bonchev–Trinajstić information content (AvgIpc) is 2.65. The zero-order valence-corrected chi connectivity index (χ0v) is 16.2. The number of carbonyl (C=O) groups is 4. The summed E-state index contributed by atoms with van der Waals surface area (Å²) < 4.78 is 0. The van der Waals surface area contributed by atoms with Crippen molar-refractivity contribution in [1.29, 1.82) is 0 Å². The van der Waals surface area contributed by atoms with E-state index in [2.05, 4.69) is 10.6 Å². The zero-order valence-electron chi connectivity index (χ0n) is 16.2. The van der Waals surface area contributed by atoms with Gasteiger partial charge in [0.1, 0.15) is 0 Å². The molecular weight excluding hydrogens is 360 g/mol. The smallest absolute Gasteiger partial charge is 0.220 e. The van der Waals surface area contributed by atoms with Crippen molar-refractivity contribution in [1.82, 2.24) is 10.6 Å². The van der Waals surface area contributed by atoms with Gasteiger partial charge in [-0.15, -0.1) is 0 Å². The van der Waals surface area contributed by atoms with E-state index in [4.69, 9.17) is 11.5 Å². The Hall–Kier alpha value is -2.90. The summed E-state index contributed by atoms with van der Waals surface area (Å²) in [5.74, 6) is -0.885. The molecule has 8 heteroatoms. The minimum Gasteiger partial charge on any atom is -0.370 e. The van der Waals surface area contributed by atoms with Crippen molar-refractivity contribution in [2.45, 2.75) is 64.5 Å². The number of benzene rings is 1. The van der Waals surface area contributed by atoms with Crippen LogP contribution in [-0.2, 0) is 32.3 Å². The lowest BCUT2D eigenvalue weighted by Gasteiger charge is -2.12. The molecular formula is C20H30N4O4. The van der Waals surface area contributed by atoms with Gasteiger partial charge in [0.15, 0.2) is 0 Å². The van der Waals surface area contributed by atoms with Crippen molar-refractivity contribution < 1.29 is 19.2 Å². The van der Waals surface area contributed by atoms with Crippen LogP contribution in [0.2, 0.25) is 0 Å². The molecule has 1 aromatic rings. The van der Waals surface area contributed by atoms with E-state index in [-0.39, 0.29) is 23.6 Å². The highest BCUT2D eigenvalue weighted by molar-refractivity contribution is 5.77. The highest BCUT2D eigenvalue weighted by Gasteiger charge is 2.07. The molecule has 0 unspecified atom stereocenters. The van der Waals surface area contributed by atoms with E-state index in [0.29, 0.717) is 64.5 Å². The Morgan fingerprint density at radius 3 is 1.36 bits per heavy atom. The maximum atomic E-state index is 11.9. The Kier molecular flexibility index (Phi) is 11.0. The Labute approximate surface area is 165 Å². The summed E-state index contributed by atoms with van der Waals surface area (Å²) in [5.41, 5.74) is 12.0. The fourth-order valence-electron chi connectivity index (χ4n) is 2.64. The molecule has 1 rings (SSSR count). The molecule has 0 aliphatic heterocycles. The molecule has 154 valence electrons. The molecule has 6 N–H and O–H groups in total. The number of hydrogen-bond acceptors (Lipinski definition) is 4. The molecule has 0 spiro atoms. The summed E-state index contributed by atoms with van der Waals surface area (Å²) in [6, 6.07) is 7.57. The van der Waals surface area contributed by atoms with Crippen LogP contribution in [0, 0.1) is 0 Å². The van der Waals surface area contributed by atoms with Crippen molar-refractivity contribution in [3.8, 4) is 0 Å². The average molecular weight is 390 g/mol. The largest absolute Gasteiger partial charge is 0.370 e. The Morgan fingerprint density at radius 1 is 0.643 bits per heavy atom. The molecule has 0 aliphatic rings. The highest BCUT2D eigenvalue weighted by Crippen LogP contribution is 2.09. The molecule has 0 radical (unpaired) electrons. The predicted molar refractivity (Wildman–Crippen MR) is 105 cm³/mol. The number of amides is 4. The van der Waals surface area contributed by atoms with E-state index in [1.807, 2.05) is 24.3 Å². The van der Waals surface area contributed by atoms with Crippen molar-refractivity contribution in [3.63, 3.8) is 0 Å². The molecule has 0 fully saturated rings. The van der Waals surface area contributed by atoms with Gasteiger partial charge in [0, 0.05) is 38.8 Å². The van der Waals surface area contributed by atoms with Gasteiger partial charge in [0.2, 0.25) is 23.6 Å². The van der Waals surface area contributed by atoms with Crippen LogP contribution in [-0.4, -0.2) is 23.6 Å². The van der Waals surface area contributed by atoms with Crippen LogP contribution in [0.3, 0.4) is 0 Å². The first-order valence-corrected chi connectivity index (χ1v) is 9.55. The first-order chi connectivity index (χ1) is 13.4. The lowest BCUT2D eigenvalue weighted by molar-refractivity contribution is -0.122. The molecule has 0 saturated carbocycles. The zero-order chi connectivity index (χ0) is 20.8. The van der Waals surface area contributed by atoms with E-state index in [9.17, 15) is 19.2 Å². The summed E-state index contributed by atoms with van der Waals surface area (Å²) in [7, 11) is 0. The van der Waals surface area contributed by atoms with Crippen molar-refractivity contribution in [3.05, 3.63) is 35.4 Å². The minimum absolute atomic E-state index is 0.0854. The quantitative estimate of drug-likeness (QED) is 0.351. The fourth-order valence-corrected chi connectivity index (χ4v) is 2.64. The van der Waals surface area contributed by atoms with Gasteiger partial charge in [-0.2, -0.15) is 0 Å². The second-order valence-electron chi connectivity index (χ2n) is 6.67. The fraction of sp³-hybridized carbons (Fsp3) is 0.500. The number of primary amides is 2. The van der Waals surface area contributed by atoms with E-state index >= 15 is 0 Å². The molecule has 4 amide bonds. The van der Waals surface area contributed by atoms with Crippen LogP contribution in [0.4, 0.5) is 0 Å². The first-order valence-electron chi connectivity index (χ1n) is 9.55. The van der Waals surface area contributed by atoms with Crippen LogP contribution in [0.15, 0.2) is 24.3 Å². The van der Waals surface area contributed by atoms with Crippen LogP contribution >= 0.6 is 0 Å². The molecule has 0 saturated heterocycles. The minimum atomic E-state index is -0.357. The summed E-state index contributed by atoms with van der Waals surface area (Å²) in [6.07, 6.45) is 3.70. The molecule has 28 heavy (non-hydrogen) atoms. The topological polar surface area (TPSA) is 144 Å². The molecule has 0 aromatic heterocycles. The van der Waals surface area contributed by atoms with Gasteiger partial charge in [-0.1, -0.05) is 24.3 Å². The van der Waals surface area contributed by atoms with Gasteiger partial charge >= 0.3 is 0 Å². The summed E-state index contributed by atoms with van der Waals surface area (Å²) in [5, 5.41) is 5.71. The number of hydrogen-bond donors (Lipinski definition) is 4. The van der Waals surface area contributed by atoms with Gasteiger partial charge in [-0.25, -0.2) is 0 Å². The van der Waals surface area contributed by atoms with Crippen LogP contribution in [0.1, 0.15) is 62.5 Å². The van der Waals surface area contributed by atoms with Crippen molar-refractivity contribution >= 4 is 23.6 Å². The maximum Gasteiger partial charge on any atom is 0.220 e. The standard InChI is InChI=1S/C20H30N4O4/c21-17(25)9-3-5-11-19(27)23-13-15-7-1-2-8-16(15)14-24-20(28)12-6-4-10-18(22)26/h1-2,7-8H,3-6,9-14H2,(H2,21,25)(H2,22,26)(H,23,27)(H,24,28). The molecule has 0 heterocycles. The first kappa shape index (κ1) is 23.1. The van der Waals surface area contributed by atoms with E-state index in [0.717, 1.165) is 11.1 Å². The molecule has 0 atom stereocenters. The maximum absolute atomic E-state index is 11.9. The Bertz CT molecular complexity index is 619. The molecule has 8 nitrogen and oxygen atoms in total. The summed E-state index contributed by atoms with van der Waals surface area (Å²) in [4.78, 5) is 45.2. The monoisotopic (exact) mass is 390 g/mol. The number of unbranched alkanes of at least 4 members (excludes halogenated alkanes) is 2. The number of rotatable bonds is 14. The lowest BCUT2D eigenvalue weighted by atomic mass is 10.1. The summed E-state index contributed by atoms with van der Waals surface area (Å²) >= 11 is 0. The van der Waals surface area contributed by atoms with E-state index in [1.54, 1.807) is 0 Å². The number of nitrogens with two attached hydrogens (primary N) is 2. The Morgan fingerprint density at radius 2 is 1.00 bits per heavy atom. The number of nitrogens with one attached hydrogen (secondary N) is 2. The third-order valence-electron chi connectivity index (χ3n) is 4.22. The van der Waals surface area contributed by atoms with Crippen molar-refractivity contribution in [2.75, 3.05) is 0 Å². The van der Waals surface area contributed by atoms with E-state index in [1.165, 1.54) is 0 Å². The molecule has 0 aliphatic carbocycles. The predicted octanol–water partition coefficient (Wildman–Crippen LogP) is 1.01. The van der Waals surface area contributed by atoms with Crippen LogP contribution in [0.5, 0.6) is 0 Å². The van der Waals surface area contributed by atoms with Crippen LogP contribution in [0.25, 0.3) is 0 Å². The summed E-state index contributed by atoms with van der Waals surface area (Å²) in [6.45, 7) is 0.749. The Balaban J connectivity index is 2.35. The van der Waals surface area contributed by atoms with Crippen LogP contribution < -0.4 is 22.1 Å². The van der Waals surface area contributed by atoms with E-state index < -0.39 is 0 Å². The third kappa shape index (κ3) is 10.9. The van der Waals surface area contributed by atoms with Gasteiger partial charge in [-0.3, -0.25) is 19.2 Å². The molecule has 0 bridgehead atoms. The second-order valence-corrected chi connectivity index (χ2v) is 6.67. The number of carbonyl (C=O) groups excluding carboxylic acids is 4. The molecule has 1 aromatic carbocycles. The third-order valence-corrected chi connectivity index (χ3v) is 4.22. The highest BCUT2D eigenvalue weighted by atomic mass is 16.2. The van der Waals surface area contributed by atoms with Gasteiger partial charge in [0.05, 0.1) is 0 Å². The lowest BCUT2D eigenvalue weighted by Crippen LogP contribution is -2.26. The SMILES string of the molecule is NC(=O)CCCCC(=O)NCc1ccccc1CNC(=O)CCCCC(N)=O. The van der Waals surface area contributed by atoms with Gasteiger partial charge < -0.3 is 22.1 Å². The van der Waals surface area contributed by atoms with Gasteiger partial charge in [0.25, 0.3) is 0 Å².